The summed E-state index contributed by atoms with van der Waals surface area (Å²) in [4.78, 5) is 22.4. The molecule has 0 amide bonds. The molecule has 0 aliphatic heterocycles. The first-order chi connectivity index (χ1) is 7.50. The van der Waals surface area contributed by atoms with E-state index in [-0.39, 0.29) is 5.78 Å². The van der Waals surface area contributed by atoms with E-state index in [2.05, 4.69) is 15.4 Å². The number of ketones is 1. The van der Waals surface area contributed by atoms with E-state index >= 15 is 0 Å². The maximum absolute atomic E-state index is 11.5. The molecule has 0 aliphatic rings. The van der Waals surface area contributed by atoms with Crippen LogP contribution in [0.15, 0.2) is 11.2 Å². The normalized spacial score (nSPS) is 14.2. The first-order valence-corrected chi connectivity index (χ1v) is 5.62. The number of esters is 1. The summed E-state index contributed by atoms with van der Waals surface area (Å²) in [5, 5.41) is 10.1. The number of Topliss-reactive ketones (excluding diaryl/α,β-unsaturated/α-hetero) is 1. The van der Waals surface area contributed by atoms with Crippen molar-refractivity contribution in [3.63, 3.8) is 0 Å². The van der Waals surface area contributed by atoms with Crippen LogP contribution in [-0.4, -0.2) is 38.5 Å². The lowest BCUT2D eigenvalue weighted by molar-refractivity contribution is -0.152. The van der Waals surface area contributed by atoms with Crippen molar-refractivity contribution in [3.8, 4) is 0 Å². The fourth-order valence-electron chi connectivity index (χ4n) is 0.830. The van der Waals surface area contributed by atoms with Crippen LogP contribution in [-0.2, 0) is 14.3 Å². The minimum atomic E-state index is -0.701. The minimum Gasteiger partial charge on any atom is -0.454 e. The summed E-state index contributed by atoms with van der Waals surface area (Å²) in [5.41, 5.74) is 0. The van der Waals surface area contributed by atoms with Gasteiger partial charge in [0.05, 0.1) is 6.20 Å². The first-order valence-electron chi connectivity index (χ1n) is 4.74. The molecule has 1 heterocycles. The largest absolute Gasteiger partial charge is 0.454 e. The Morgan fingerprint density at radius 3 is 2.69 bits per heavy atom. The quantitative estimate of drug-likeness (QED) is 0.608. The Bertz CT molecular complexity index is 366. The van der Waals surface area contributed by atoms with Crippen LogP contribution in [0.3, 0.4) is 0 Å². The van der Waals surface area contributed by atoms with Gasteiger partial charge < -0.3 is 4.74 Å². The molecule has 1 aromatic rings. The average molecular weight is 243 g/mol. The van der Waals surface area contributed by atoms with E-state index in [1.807, 2.05) is 0 Å². The molecule has 0 fully saturated rings. The van der Waals surface area contributed by atoms with Gasteiger partial charge in [0.2, 0.25) is 0 Å². The summed E-state index contributed by atoms with van der Waals surface area (Å²) >= 11 is 1.22. The van der Waals surface area contributed by atoms with E-state index in [4.69, 9.17) is 4.74 Å². The van der Waals surface area contributed by atoms with Gasteiger partial charge in [0.25, 0.3) is 0 Å². The van der Waals surface area contributed by atoms with Gasteiger partial charge in [0.1, 0.15) is 10.3 Å². The number of aromatic nitrogens is 3. The van der Waals surface area contributed by atoms with Crippen molar-refractivity contribution >= 4 is 23.5 Å². The monoisotopic (exact) mass is 243 g/mol. The molecule has 0 radical (unpaired) electrons. The fraction of sp³-hybridized carbons (Fsp3) is 0.556. The van der Waals surface area contributed by atoms with Gasteiger partial charge in [0, 0.05) is 0 Å². The van der Waals surface area contributed by atoms with Crippen LogP contribution in [0.2, 0.25) is 0 Å². The highest BCUT2D eigenvalue weighted by atomic mass is 32.2. The lowest BCUT2D eigenvalue weighted by Gasteiger charge is -2.13. The zero-order chi connectivity index (χ0) is 12.1. The molecule has 88 valence electrons. The summed E-state index contributed by atoms with van der Waals surface area (Å²) < 4.78 is 4.95. The summed E-state index contributed by atoms with van der Waals surface area (Å²) in [6.07, 6.45) is 0.816. The molecule has 7 heteroatoms. The van der Waals surface area contributed by atoms with Gasteiger partial charge in [-0.05, 0) is 20.8 Å². The molecule has 0 bridgehead atoms. The Kier molecular flexibility index (Phi) is 4.48. The Morgan fingerprint density at radius 1 is 1.50 bits per heavy atom. The number of aromatic amines is 1. The van der Waals surface area contributed by atoms with E-state index in [9.17, 15) is 9.59 Å². The highest BCUT2D eigenvalue weighted by Crippen LogP contribution is 2.20. The van der Waals surface area contributed by atoms with Crippen molar-refractivity contribution in [1.82, 2.24) is 15.4 Å². The minimum absolute atomic E-state index is 0.174. The zero-order valence-electron chi connectivity index (χ0n) is 9.26. The second-order valence-electron chi connectivity index (χ2n) is 3.26. The van der Waals surface area contributed by atoms with Crippen molar-refractivity contribution < 1.29 is 14.3 Å². The van der Waals surface area contributed by atoms with Crippen LogP contribution < -0.4 is 0 Å². The molecular weight excluding hydrogens is 230 g/mol. The van der Waals surface area contributed by atoms with Crippen molar-refractivity contribution in [1.29, 1.82) is 0 Å². The van der Waals surface area contributed by atoms with Gasteiger partial charge in [-0.15, -0.1) is 5.10 Å². The van der Waals surface area contributed by atoms with Gasteiger partial charge in [-0.25, -0.2) is 0 Å². The van der Waals surface area contributed by atoms with Crippen molar-refractivity contribution in [2.45, 2.75) is 37.2 Å². The summed E-state index contributed by atoms with van der Waals surface area (Å²) in [5.74, 6) is -0.609. The van der Waals surface area contributed by atoms with Crippen LogP contribution in [0.25, 0.3) is 0 Å². The number of ether oxygens (including phenoxy) is 1. The molecule has 0 aromatic carbocycles. The molecule has 1 N–H and O–H groups in total. The lowest BCUT2D eigenvalue weighted by atomic mass is 10.3. The van der Waals surface area contributed by atoms with Gasteiger partial charge in [0.15, 0.2) is 11.9 Å². The Morgan fingerprint density at radius 2 is 2.19 bits per heavy atom. The number of hydrogen-bond acceptors (Lipinski definition) is 6. The maximum Gasteiger partial charge on any atom is 0.319 e. The summed E-state index contributed by atoms with van der Waals surface area (Å²) in [6.45, 7) is 4.62. The number of hydrogen-bond donors (Lipinski definition) is 1. The molecule has 0 spiro atoms. The molecule has 1 aromatic heterocycles. The van der Waals surface area contributed by atoms with E-state index in [0.717, 1.165) is 0 Å². The van der Waals surface area contributed by atoms with Gasteiger partial charge >= 0.3 is 5.97 Å². The third-order valence-corrected chi connectivity index (χ3v) is 2.87. The number of rotatable bonds is 5. The molecule has 16 heavy (non-hydrogen) atoms. The number of H-pyrrole nitrogens is 1. The Hall–Kier alpha value is -1.37. The topological polar surface area (TPSA) is 84.9 Å². The SMILES string of the molecule is CC(=O)C(C)OC(=O)C(C)Sc1cn[nH]n1. The molecule has 6 nitrogen and oxygen atoms in total. The smallest absolute Gasteiger partial charge is 0.319 e. The lowest BCUT2D eigenvalue weighted by Crippen LogP contribution is -2.26. The summed E-state index contributed by atoms with van der Waals surface area (Å²) in [6, 6.07) is 0. The highest BCUT2D eigenvalue weighted by Gasteiger charge is 2.21. The standard InChI is InChI=1S/C9H13N3O3S/c1-5(13)6(2)15-9(14)7(3)16-8-4-10-12-11-8/h4,6-7H,1-3H3,(H,10,11,12). The molecular formula is C9H13N3O3S. The van der Waals surface area contributed by atoms with Crippen LogP contribution in [0.4, 0.5) is 0 Å². The average Bonchev–Trinajstić information content (AvgIpc) is 2.69. The predicted molar refractivity (Wildman–Crippen MR) is 57.9 cm³/mol. The maximum atomic E-state index is 11.5. The number of nitrogens with one attached hydrogen (secondary N) is 1. The fourth-order valence-corrected chi connectivity index (χ4v) is 1.55. The van der Waals surface area contributed by atoms with E-state index < -0.39 is 17.3 Å². The van der Waals surface area contributed by atoms with Crippen molar-refractivity contribution in [2.75, 3.05) is 0 Å². The van der Waals surface area contributed by atoms with E-state index in [1.54, 1.807) is 13.8 Å². The van der Waals surface area contributed by atoms with Crippen LogP contribution in [0, 0.1) is 0 Å². The van der Waals surface area contributed by atoms with Gasteiger partial charge in [-0.1, -0.05) is 11.8 Å². The van der Waals surface area contributed by atoms with Crippen LogP contribution >= 0.6 is 11.8 Å². The molecule has 2 unspecified atom stereocenters. The second-order valence-corrected chi connectivity index (χ2v) is 4.62. The Balaban J connectivity index is 2.45. The molecule has 0 saturated heterocycles. The number of nitrogens with zero attached hydrogens (tertiary/aromatic N) is 2. The molecule has 1 rings (SSSR count). The first kappa shape index (κ1) is 12.7. The molecule has 0 aliphatic carbocycles. The van der Waals surface area contributed by atoms with E-state index in [1.165, 1.54) is 24.9 Å². The number of thioether (sulfide) groups is 1. The third-order valence-electron chi connectivity index (χ3n) is 1.89. The van der Waals surface area contributed by atoms with Crippen LogP contribution in [0.1, 0.15) is 20.8 Å². The molecule has 0 saturated carbocycles. The number of carbonyl (C=O) groups is 2. The predicted octanol–water partition coefficient (Wildman–Crippen LogP) is 0.806. The highest BCUT2D eigenvalue weighted by molar-refractivity contribution is 8.00. The van der Waals surface area contributed by atoms with Crippen molar-refractivity contribution in [3.05, 3.63) is 6.20 Å². The third kappa shape index (κ3) is 3.65. The number of carbonyl (C=O) groups excluding carboxylic acids is 2. The van der Waals surface area contributed by atoms with E-state index in [0.29, 0.717) is 5.03 Å². The van der Waals surface area contributed by atoms with Crippen LogP contribution in [0.5, 0.6) is 0 Å². The molecule has 2 atom stereocenters. The Labute approximate surface area is 97.1 Å². The van der Waals surface area contributed by atoms with Crippen molar-refractivity contribution in [2.24, 2.45) is 0 Å². The summed E-state index contributed by atoms with van der Waals surface area (Å²) in [7, 11) is 0. The van der Waals surface area contributed by atoms with Gasteiger partial charge in [-0.3, -0.25) is 9.59 Å². The zero-order valence-corrected chi connectivity index (χ0v) is 10.1. The second kappa shape index (κ2) is 5.64. The van der Waals surface area contributed by atoms with Gasteiger partial charge in [-0.2, -0.15) is 10.3 Å².